The maximum Gasteiger partial charge on any atom is 0.362 e. The van der Waals surface area contributed by atoms with E-state index >= 15 is 0 Å². The van der Waals surface area contributed by atoms with Gasteiger partial charge in [0.15, 0.2) is 0 Å². The van der Waals surface area contributed by atoms with Crippen molar-refractivity contribution >= 4 is 17.6 Å². The Labute approximate surface area is 156 Å². The minimum absolute atomic E-state index is 0.0627. The minimum Gasteiger partial charge on any atom is -0.476 e. The highest BCUT2D eigenvalue weighted by Gasteiger charge is 2.20. The molecule has 0 bridgehead atoms. The molecule has 0 unspecified atom stereocenters. The number of aromatic carboxylic acids is 1. The van der Waals surface area contributed by atoms with E-state index in [0.717, 1.165) is 10.2 Å². The van der Waals surface area contributed by atoms with Gasteiger partial charge in [-0.3, -0.25) is 9.36 Å². The third-order valence-electron chi connectivity index (χ3n) is 3.95. The highest BCUT2D eigenvalue weighted by Crippen LogP contribution is 2.18. The molecule has 0 saturated heterocycles. The van der Waals surface area contributed by atoms with Crippen molar-refractivity contribution in [2.75, 3.05) is 0 Å². The van der Waals surface area contributed by atoms with Crippen molar-refractivity contribution in [3.63, 3.8) is 0 Å². The van der Waals surface area contributed by atoms with Crippen LogP contribution in [-0.2, 0) is 6.54 Å². The summed E-state index contributed by atoms with van der Waals surface area (Å²) in [6.45, 7) is 1.32. The number of carbonyl (C=O) groups is 1. The largest absolute Gasteiger partial charge is 0.476 e. The number of carboxylic acid groups (broad SMARTS) is 1. The van der Waals surface area contributed by atoms with Gasteiger partial charge in [0.2, 0.25) is 5.69 Å². The van der Waals surface area contributed by atoms with Crippen LogP contribution in [0.1, 0.15) is 21.6 Å². The first-order valence-electron chi connectivity index (χ1n) is 7.77. The van der Waals surface area contributed by atoms with Crippen LogP contribution in [0, 0.1) is 12.7 Å². The van der Waals surface area contributed by atoms with E-state index in [4.69, 9.17) is 11.6 Å². The van der Waals surface area contributed by atoms with E-state index in [2.05, 4.69) is 5.10 Å². The van der Waals surface area contributed by atoms with E-state index in [-0.39, 0.29) is 11.3 Å². The zero-order valence-corrected chi connectivity index (χ0v) is 14.8. The first-order chi connectivity index (χ1) is 12.8. The lowest BCUT2D eigenvalue weighted by molar-refractivity contribution is 0.0684. The molecule has 3 rings (SSSR count). The first-order valence-corrected chi connectivity index (χ1v) is 8.15. The Morgan fingerprint density at radius 3 is 2.56 bits per heavy atom. The maximum absolute atomic E-state index is 13.9. The summed E-state index contributed by atoms with van der Waals surface area (Å²) < 4.78 is 15.3. The normalized spacial score (nSPS) is 10.8. The monoisotopic (exact) mass is 389 g/mol. The second-order valence-corrected chi connectivity index (χ2v) is 6.17. The third kappa shape index (κ3) is 3.52. The summed E-state index contributed by atoms with van der Waals surface area (Å²) in [6.07, 6.45) is 0. The average molecular weight is 390 g/mol. The second kappa shape index (κ2) is 7.16. The fourth-order valence-corrected chi connectivity index (χ4v) is 2.64. The van der Waals surface area contributed by atoms with Crippen molar-refractivity contribution in [3.05, 3.63) is 91.0 Å². The molecule has 3 aromatic rings. The molecule has 0 aliphatic rings. The molecule has 1 N–H and O–H groups in total. The van der Waals surface area contributed by atoms with Crippen LogP contribution in [0.25, 0.3) is 5.69 Å². The van der Waals surface area contributed by atoms with Crippen molar-refractivity contribution in [2.45, 2.75) is 13.5 Å². The molecule has 0 atom stereocenters. The molecule has 0 amide bonds. The van der Waals surface area contributed by atoms with Crippen molar-refractivity contribution in [2.24, 2.45) is 0 Å². The number of carboxylic acids is 1. The molecule has 0 aliphatic carbocycles. The molecule has 1 aromatic heterocycles. The summed E-state index contributed by atoms with van der Waals surface area (Å²) in [4.78, 5) is 36.6. The van der Waals surface area contributed by atoms with Gasteiger partial charge in [-0.15, -0.1) is 0 Å². The van der Waals surface area contributed by atoms with Gasteiger partial charge in [0, 0.05) is 10.6 Å². The van der Waals surface area contributed by atoms with Gasteiger partial charge in [0.1, 0.15) is 5.82 Å². The summed E-state index contributed by atoms with van der Waals surface area (Å²) in [5.74, 6) is -2.23. The fraction of sp³-hybridized carbons (Fsp3) is 0.111. The summed E-state index contributed by atoms with van der Waals surface area (Å²) >= 11 is 6.06. The van der Waals surface area contributed by atoms with E-state index in [0.29, 0.717) is 9.59 Å². The highest BCUT2D eigenvalue weighted by molar-refractivity contribution is 6.31. The highest BCUT2D eigenvalue weighted by atomic mass is 35.5. The molecule has 0 aliphatic heterocycles. The van der Waals surface area contributed by atoms with Gasteiger partial charge in [-0.1, -0.05) is 35.9 Å². The van der Waals surface area contributed by atoms with Crippen LogP contribution in [-0.4, -0.2) is 25.4 Å². The van der Waals surface area contributed by atoms with Gasteiger partial charge in [0.05, 0.1) is 12.2 Å². The third-order valence-corrected chi connectivity index (χ3v) is 4.36. The molecule has 0 fully saturated rings. The van der Waals surface area contributed by atoms with Crippen molar-refractivity contribution in [3.8, 4) is 5.69 Å². The summed E-state index contributed by atoms with van der Waals surface area (Å²) in [6, 6.07) is 10.1. The Hall–Kier alpha value is -3.26. The Morgan fingerprint density at radius 1 is 1.22 bits per heavy atom. The molecular weight excluding hydrogens is 377 g/mol. The number of hydrogen-bond donors (Lipinski definition) is 1. The number of aryl methyl sites for hydroxylation is 1. The molecule has 9 heteroatoms. The van der Waals surface area contributed by atoms with E-state index in [1.54, 1.807) is 19.1 Å². The Morgan fingerprint density at radius 2 is 1.93 bits per heavy atom. The number of rotatable bonds is 4. The van der Waals surface area contributed by atoms with Crippen LogP contribution >= 0.6 is 11.6 Å². The van der Waals surface area contributed by atoms with Gasteiger partial charge >= 0.3 is 11.7 Å². The fourth-order valence-electron chi connectivity index (χ4n) is 2.47. The van der Waals surface area contributed by atoms with Crippen molar-refractivity contribution in [1.29, 1.82) is 0 Å². The van der Waals surface area contributed by atoms with Crippen LogP contribution in [0.2, 0.25) is 5.02 Å². The SMILES string of the molecule is Cc1ccc(-n2nc(C(=O)O)c(=O)n(Cc3ccccc3F)c2=O)cc1Cl. The first kappa shape index (κ1) is 18.5. The van der Waals surface area contributed by atoms with Crippen LogP contribution in [0.4, 0.5) is 4.39 Å². The van der Waals surface area contributed by atoms with Gasteiger partial charge in [-0.05, 0) is 30.7 Å². The molecule has 27 heavy (non-hydrogen) atoms. The van der Waals surface area contributed by atoms with Crippen LogP contribution in [0.3, 0.4) is 0 Å². The van der Waals surface area contributed by atoms with Crippen LogP contribution in [0.5, 0.6) is 0 Å². The zero-order valence-electron chi connectivity index (χ0n) is 14.0. The number of aromatic nitrogens is 3. The number of benzene rings is 2. The summed E-state index contributed by atoms with van der Waals surface area (Å²) in [5, 5.41) is 13.3. The summed E-state index contributed by atoms with van der Waals surface area (Å²) in [7, 11) is 0. The standard InChI is InChI=1S/C18H13ClFN3O4/c1-10-6-7-12(8-13(10)19)23-18(27)22(16(24)15(21-23)17(25)26)9-11-4-2-3-5-14(11)20/h2-8H,9H2,1H3,(H,25,26). The smallest absolute Gasteiger partial charge is 0.362 e. The van der Waals surface area contributed by atoms with E-state index in [9.17, 15) is 23.9 Å². The maximum atomic E-state index is 13.9. The molecule has 0 saturated carbocycles. The van der Waals surface area contributed by atoms with Gasteiger partial charge in [0.25, 0.3) is 5.56 Å². The lowest BCUT2D eigenvalue weighted by Crippen LogP contribution is -2.44. The van der Waals surface area contributed by atoms with E-state index < -0.39 is 35.3 Å². The lowest BCUT2D eigenvalue weighted by Gasteiger charge is -2.12. The molecule has 138 valence electrons. The predicted octanol–water partition coefficient (Wildman–Crippen LogP) is 2.24. The van der Waals surface area contributed by atoms with Gasteiger partial charge in [-0.25, -0.2) is 14.0 Å². The average Bonchev–Trinajstić information content (AvgIpc) is 2.62. The molecule has 7 nitrogen and oxygen atoms in total. The van der Waals surface area contributed by atoms with Gasteiger partial charge < -0.3 is 5.11 Å². The minimum atomic E-state index is -1.60. The number of hydrogen-bond acceptors (Lipinski definition) is 4. The Balaban J connectivity index is 2.27. The topological polar surface area (TPSA) is 94.2 Å². The van der Waals surface area contributed by atoms with E-state index in [1.807, 2.05) is 0 Å². The quantitative estimate of drug-likeness (QED) is 0.738. The van der Waals surface area contributed by atoms with Crippen LogP contribution in [0.15, 0.2) is 52.1 Å². The predicted molar refractivity (Wildman–Crippen MR) is 96.3 cm³/mol. The van der Waals surface area contributed by atoms with E-state index in [1.165, 1.54) is 30.3 Å². The molecule has 2 aromatic carbocycles. The second-order valence-electron chi connectivity index (χ2n) is 5.76. The summed E-state index contributed by atoms with van der Waals surface area (Å²) in [5.41, 5.74) is -1.90. The van der Waals surface area contributed by atoms with Crippen molar-refractivity contribution in [1.82, 2.24) is 14.3 Å². The lowest BCUT2D eigenvalue weighted by atomic mass is 10.2. The Bertz CT molecular complexity index is 1170. The molecule has 0 spiro atoms. The van der Waals surface area contributed by atoms with Crippen molar-refractivity contribution < 1.29 is 14.3 Å². The van der Waals surface area contributed by atoms with Gasteiger partial charge in [-0.2, -0.15) is 9.78 Å². The molecule has 0 radical (unpaired) electrons. The number of halogens is 2. The Kier molecular flexibility index (Phi) is 4.91. The van der Waals surface area contributed by atoms with Crippen LogP contribution < -0.4 is 11.2 Å². The molecular formula is C18H13ClFN3O4. The number of nitrogens with zero attached hydrogens (tertiary/aromatic N) is 3. The zero-order chi connectivity index (χ0) is 19.7. The molecule has 1 heterocycles.